The number of nitrogens with zero attached hydrogens (tertiary/aromatic N) is 1. The van der Waals surface area contributed by atoms with Crippen LogP contribution in [0.5, 0.6) is 11.5 Å². The number of amides is 1. The minimum atomic E-state index is -0.204. The minimum absolute atomic E-state index is 0.204. The molecule has 0 saturated carbocycles. The topological polar surface area (TPSA) is 38.8 Å². The molecule has 1 heterocycles. The molecular formula is C20H16ClNO3S2. The van der Waals surface area contributed by atoms with Crippen LogP contribution in [0.15, 0.2) is 60.0 Å². The Balaban J connectivity index is 1.98. The highest BCUT2D eigenvalue weighted by atomic mass is 35.5. The first-order chi connectivity index (χ1) is 13.0. The number of benzene rings is 2. The molecule has 138 valence electrons. The molecule has 0 aromatic heterocycles. The Kier molecular flexibility index (Phi) is 6.21. The molecule has 27 heavy (non-hydrogen) atoms. The van der Waals surface area contributed by atoms with Gasteiger partial charge in [-0.1, -0.05) is 66.4 Å². The van der Waals surface area contributed by atoms with Crippen molar-refractivity contribution in [3.8, 4) is 11.5 Å². The third-order valence-electron chi connectivity index (χ3n) is 3.72. The summed E-state index contributed by atoms with van der Waals surface area (Å²) < 4.78 is 11.6. The highest BCUT2D eigenvalue weighted by Gasteiger charge is 2.33. The normalized spacial score (nSPS) is 15.3. The SMILES string of the molecule is C=CCOc1c(/C=C2/SC(=S)N(c3cccc(Cl)c3)C2=O)cccc1OC. The van der Waals surface area contributed by atoms with Gasteiger partial charge in [0.05, 0.1) is 17.7 Å². The number of rotatable bonds is 6. The predicted molar refractivity (Wildman–Crippen MR) is 116 cm³/mol. The van der Waals surface area contributed by atoms with Crippen LogP contribution in [-0.2, 0) is 4.79 Å². The molecule has 0 aliphatic carbocycles. The summed E-state index contributed by atoms with van der Waals surface area (Å²) in [6.07, 6.45) is 3.40. The van der Waals surface area contributed by atoms with Gasteiger partial charge in [-0.2, -0.15) is 0 Å². The lowest BCUT2D eigenvalue weighted by Crippen LogP contribution is -2.27. The maximum Gasteiger partial charge on any atom is 0.270 e. The standard InChI is InChI=1S/C20H16ClNO3S2/c1-3-10-25-18-13(6-4-9-16(18)24-2)11-17-19(23)22(20(26)27-17)15-8-5-7-14(21)12-15/h3-9,11-12H,1,10H2,2H3/b17-11+. The zero-order valence-corrected chi connectivity index (χ0v) is 16.9. The molecule has 2 aromatic carbocycles. The summed E-state index contributed by atoms with van der Waals surface area (Å²) in [6.45, 7) is 3.99. The predicted octanol–water partition coefficient (Wildman–Crippen LogP) is 5.32. The molecule has 1 aliphatic rings. The summed E-state index contributed by atoms with van der Waals surface area (Å²) in [6, 6.07) is 12.5. The van der Waals surface area contributed by atoms with Crippen molar-refractivity contribution in [2.45, 2.75) is 0 Å². The second-order valence-electron chi connectivity index (χ2n) is 5.48. The average Bonchev–Trinajstić information content (AvgIpc) is 2.93. The fraction of sp³-hybridized carbons (Fsp3) is 0.100. The second kappa shape index (κ2) is 8.61. The van der Waals surface area contributed by atoms with E-state index in [9.17, 15) is 4.79 Å². The van der Waals surface area contributed by atoms with E-state index >= 15 is 0 Å². The van der Waals surface area contributed by atoms with Crippen LogP contribution in [0.2, 0.25) is 5.02 Å². The Morgan fingerprint density at radius 2 is 2.07 bits per heavy atom. The van der Waals surface area contributed by atoms with Gasteiger partial charge in [-0.15, -0.1) is 0 Å². The fourth-order valence-corrected chi connectivity index (χ4v) is 4.03. The Morgan fingerprint density at radius 1 is 1.30 bits per heavy atom. The number of carbonyl (C=O) groups is 1. The molecule has 1 amide bonds. The lowest BCUT2D eigenvalue weighted by molar-refractivity contribution is -0.113. The van der Waals surface area contributed by atoms with E-state index in [1.54, 1.807) is 49.6 Å². The van der Waals surface area contributed by atoms with E-state index in [0.717, 1.165) is 5.56 Å². The number of ether oxygens (including phenoxy) is 2. The number of anilines is 1. The third kappa shape index (κ3) is 4.18. The highest BCUT2D eigenvalue weighted by Crippen LogP contribution is 2.39. The molecule has 1 fully saturated rings. The number of hydrogen-bond acceptors (Lipinski definition) is 5. The molecule has 0 atom stereocenters. The van der Waals surface area contributed by atoms with Gasteiger partial charge >= 0.3 is 0 Å². The van der Waals surface area contributed by atoms with Gasteiger partial charge in [0, 0.05) is 10.6 Å². The summed E-state index contributed by atoms with van der Waals surface area (Å²) >= 11 is 12.7. The largest absolute Gasteiger partial charge is 0.493 e. The van der Waals surface area contributed by atoms with Crippen LogP contribution >= 0.6 is 35.6 Å². The quantitative estimate of drug-likeness (QED) is 0.361. The molecule has 0 unspecified atom stereocenters. The monoisotopic (exact) mass is 417 g/mol. The van der Waals surface area contributed by atoms with Crippen LogP contribution in [0.25, 0.3) is 6.08 Å². The van der Waals surface area contributed by atoms with Crippen molar-refractivity contribution in [3.63, 3.8) is 0 Å². The minimum Gasteiger partial charge on any atom is -0.493 e. The van der Waals surface area contributed by atoms with Crippen LogP contribution < -0.4 is 14.4 Å². The first kappa shape index (κ1) is 19.5. The molecule has 0 radical (unpaired) electrons. The summed E-state index contributed by atoms with van der Waals surface area (Å²) in [5.41, 5.74) is 1.37. The number of methoxy groups -OCH3 is 1. The Bertz CT molecular complexity index is 943. The van der Waals surface area contributed by atoms with Gasteiger partial charge in [0.1, 0.15) is 6.61 Å². The molecule has 2 aromatic rings. The molecule has 1 aliphatic heterocycles. The van der Waals surface area contributed by atoms with E-state index in [-0.39, 0.29) is 5.91 Å². The fourth-order valence-electron chi connectivity index (χ4n) is 2.55. The van der Waals surface area contributed by atoms with E-state index in [1.807, 2.05) is 12.1 Å². The molecule has 0 bridgehead atoms. The Morgan fingerprint density at radius 3 is 2.78 bits per heavy atom. The van der Waals surface area contributed by atoms with Crippen molar-refractivity contribution in [1.29, 1.82) is 0 Å². The molecular weight excluding hydrogens is 402 g/mol. The smallest absolute Gasteiger partial charge is 0.270 e. The van der Waals surface area contributed by atoms with Crippen LogP contribution in [0, 0.1) is 0 Å². The highest BCUT2D eigenvalue weighted by molar-refractivity contribution is 8.27. The summed E-state index contributed by atoms with van der Waals surface area (Å²) in [5.74, 6) is 0.925. The van der Waals surface area contributed by atoms with Gasteiger partial charge in [-0.05, 0) is 30.3 Å². The summed E-state index contributed by atoms with van der Waals surface area (Å²) in [5, 5.41) is 0.540. The van der Waals surface area contributed by atoms with Gasteiger partial charge in [0.15, 0.2) is 15.8 Å². The average molecular weight is 418 g/mol. The summed E-state index contributed by atoms with van der Waals surface area (Å²) in [7, 11) is 1.57. The molecule has 0 spiro atoms. The Labute approximate surface area is 172 Å². The maximum atomic E-state index is 12.9. The second-order valence-corrected chi connectivity index (χ2v) is 7.59. The Hall–Kier alpha value is -2.28. The zero-order valence-electron chi connectivity index (χ0n) is 14.5. The van der Waals surface area contributed by atoms with Gasteiger partial charge < -0.3 is 9.47 Å². The lowest BCUT2D eigenvalue weighted by atomic mass is 10.1. The van der Waals surface area contributed by atoms with Crippen molar-refractivity contribution < 1.29 is 14.3 Å². The van der Waals surface area contributed by atoms with Crippen LogP contribution in [-0.4, -0.2) is 23.9 Å². The van der Waals surface area contributed by atoms with E-state index in [1.165, 1.54) is 16.7 Å². The number of carbonyl (C=O) groups excluding carboxylic acids is 1. The maximum absolute atomic E-state index is 12.9. The third-order valence-corrected chi connectivity index (χ3v) is 5.26. The van der Waals surface area contributed by atoms with Gasteiger partial charge in [-0.3, -0.25) is 9.69 Å². The van der Waals surface area contributed by atoms with E-state index in [4.69, 9.17) is 33.3 Å². The number of hydrogen-bond donors (Lipinski definition) is 0. The first-order valence-corrected chi connectivity index (χ1v) is 9.59. The van der Waals surface area contributed by atoms with E-state index in [2.05, 4.69) is 6.58 Å². The van der Waals surface area contributed by atoms with Crippen molar-refractivity contribution in [2.24, 2.45) is 0 Å². The van der Waals surface area contributed by atoms with Gasteiger partial charge in [-0.25, -0.2) is 0 Å². The van der Waals surface area contributed by atoms with E-state index < -0.39 is 0 Å². The molecule has 7 heteroatoms. The number of thiocarbonyl (C=S) groups is 1. The lowest BCUT2D eigenvalue weighted by Gasteiger charge is -2.14. The summed E-state index contributed by atoms with van der Waals surface area (Å²) in [4.78, 5) is 14.9. The molecule has 4 nitrogen and oxygen atoms in total. The van der Waals surface area contributed by atoms with Crippen molar-refractivity contribution in [1.82, 2.24) is 0 Å². The van der Waals surface area contributed by atoms with Gasteiger partial charge in [0.2, 0.25) is 0 Å². The molecule has 1 saturated heterocycles. The zero-order chi connectivity index (χ0) is 19.4. The van der Waals surface area contributed by atoms with Crippen molar-refractivity contribution in [2.75, 3.05) is 18.6 Å². The van der Waals surface area contributed by atoms with Crippen LogP contribution in [0.4, 0.5) is 5.69 Å². The van der Waals surface area contributed by atoms with Crippen molar-refractivity contribution >= 4 is 57.6 Å². The van der Waals surface area contributed by atoms with Crippen LogP contribution in [0.1, 0.15) is 5.56 Å². The first-order valence-electron chi connectivity index (χ1n) is 7.99. The molecule has 3 rings (SSSR count). The molecule has 0 N–H and O–H groups in total. The van der Waals surface area contributed by atoms with Crippen molar-refractivity contribution in [3.05, 3.63) is 70.6 Å². The number of thioether (sulfide) groups is 1. The van der Waals surface area contributed by atoms with E-state index in [0.29, 0.717) is 38.0 Å². The van der Waals surface area contributed by atoms with Gasteiger partial charge in [0.25, 0.3) is 5.91 Å². The van der Waals surface area contributed by atoms with Crippen LogP contribution in [0.3, 0.4) is 0 Å². The number of halogens is 1. The number of para-hydroxylation sites is 1.